The number of nitrogens with one attached hydrogen (secondary N) is 2. The molecule has 2 N–H and O–H groups in total. The number of amides is 1. The van der Waals surface area contributed by atoms with E-state index < -0.39 is 0 Å². The molecule has 20 heavy (non-hydrogen) atoms. The lowest BCUT2D eigenvalue weighted by molar-refractivity contribution is 0.0947. The first kappa shape index (κ1) is 12.5. The molecule has 1 aromatic heterocycles. The van der Waals surface area contributed by atoms with Gasteiger partial charge in [0.2, 0.25) is 0 Å². The van der Waals surface area contributed by atoms with Crippen molar-refractivity contribution in [2.45, 2.75) is 13.5 Å². The average Bonchev–Trinajstić information content (AvgIpc) is 2.89. The summed E-state index contributed by atoms with van der Waals surface area (Å²) >= 11 is 0. The molecule has 0 spiro atoms. The molecule has 0 bridgehead atoms. The molecule has 1 heterocycles. The highest BCUT2D eigenvalue weighted by Gasteiger charge is 2.09. The van der Waals surface area contributed by atoms with Crippen LogP contribution in [-0.4, -0.2) is 10.9 Å². The second-order valence-corrected chi connectivity index (χ2v) is 4.94. The van der Waals surface area contributed by atoms with Gasteiger partial charge in [-0.15, -0.1) is 0 Å². The molecule has 3 rings (SSSR count). The van der Waals surface area contributed by atoms with Gasteiger partial charge in [-0.25, -0.2) is 0 Å². The number of rotatable bonds is 3. The van der Waals surface area contributed by atoms with E-state index in [-0.39, 0.29) is 5.91 Å². The summed E-state index contributed by atoms with van der Waals surface area (Å²) in [6.45, 7) is 2.58. The van der Waals surface area contributed by atoms with Crippen molar-refractivity contribution in [3.63, 3.8) is 0 Å². The number of H-pyrrole nitrogens is 1. The SMILES string of the molecule is Cc1ccc2[nH]c(C(=O)NCc3ccccc3)cc2c1. The molecule has 1 amide bonds. The van der Waals surface area contributed by atoms with Crippen LogP contribution in [0.4, 0.5) is 0 Å². The molecule has 0 fully saturated rings. The van der Waals surface area contributed by atoms with Crippen molar-refractivity contribution >= 4 is 16.8 Å². The minimum absolute atomic E-state index is 0.0808. The summed E-state index contributed by atoms with van der Waals surface area (Å²) in [5, 5.41) is 3.99. The maximum atomic E-state index is 12.1. The van der Waals surface area contributed by atoms with Gasteiger partial charge in [0.15, 0.2) is 0 Å². The summed E-state index contributed by atoms with van der Waals surface area (Å²) in [6, 6.07) is 17.9. The van der Waals surface area contributed by atoms with E-state index >= 15 is 0 Å². The maximum Gasteiger partial charge on any atom is 0.267 e. The highest BCUT2D eigenvalue weighted by atomic mass is 16.1. The van der Waals surface area contributed by atoms with Crippen LogP contribution in [0.1, 0.15) is 21.6 Å². The van der Waals surface area contributed by atoms with Crippen molar-refractivity contribution in [2.75, 3.05) is 0 Å². The molecule has 0 atom stereocenters. The summed E-state index contributed by atoms with van der Waals surface area (Å²) in [5.41, 5.74) is 3.86. The van der Waals surface area contributed by atoms with Gasteiger partial charge in [0.25, 0.3) is 5.91 Å². The second kappa shape index (κ2) is 5.21. The number of hydrogen-bond acceptors (Lipinski definition) is 1. The van der Waals surface area contributed by atoms with E-state index in [1.165, 1.54) is 5.56 Å². The molecule has 3 heteroatoms. The summed E-state index contributed by atoms with van der Waals surface area (Å²) in [4.78, 5) is 15.3. The van der Waals surface area contributed by atoms with Gasteiger partial charge in [0, 0.05) is 17.4 Å². The minimum atomic E-state index is -0.0808. The lowest BCUT2D eigenvalue weighted by Gasteiger charge is -2.03. The molecular weight excluding hydrogens is 248 g/mol. The molecule has 0 aliphatic rings. The average molecular weight is 264 g/mol. The van der Waals surface area contributed by atoms with E-state index in [1.54, 1.807) is 0 Å². The standard InChI is InChI=1S/C17H16N2O/c1-12-7-8-15-14(9-12)10-16(19-15)17(20)18-11-13-5-3-2-4-6-13/h2-10,19H,11H2,1H3,(H,18,20). The van der Waals surface area contributed by atoms with Crippen molar-refractivity contribution in [1.29, 1.82) is 0 Å². The number of aromatic nitrogens is 1. The van der Waals surface area contributed by atoms with Gasteiger partial charge in [-0.1, -0.05) is 42.0 Å². The van der Waals surface area contributed by atoms with Crippen LogP contribution in [0.15, 0.2) is 54.6 Å². The van der Waals surface area contributed by atoms with Gasteiger partial charge in [0.1, 0.15) is 5.69 Å². The molecule has 0 radical (unpaired) electrons. The quantitative estimate of drug-likeness (QED) is 0.748. The molecule has 0 unspecified atom stereocenters. The van der Waals surface area contributed by atoms with Gasteiger partial charge >= 0.3 is 0 Å². The fraction of sp³-hybridized carbons (Fsp3) is 0.118. The Balaban J connectivity index is 1.75. The molecular formula is C17H16N2O. The zero-order valence-electron chi connectivity index (χ0n) is 11.3. The predicted molar refractivity (Wildman–Crippen MR) is 80.6 cm³/mol. The first-order valence-electron chi connectivity index (χ1n) is 6.64. The van der Waals surface area contributed by atoms with Gasteiger partial charge in [0.05, 0.1) is 0 Å². The summed E-state index contributed by atoms with van der Waals surface area (Å²) < 4.78 is 0. The molecule has 3 aromatic rings. The van der Waals surface area contributed by atoms with Crippen LogP contribution in [-0.2, 0) is 6.54 Å². The number of aryl methyl sites for hydroxylation is 1. The predicted octanol–water partition coefficient (Wildman–Crippen LogP) is 3.41. The Hall–Kier alpha value is -2.55. The van der Waals surface area contributed by atoms with E-state index in [4.69, 9.17) is 0 Å². The number of carbonyl (C=O) groups excluding carboxylic acids is 1. The highest BCUT2D eigenvalue weighted by Crippen LogP contribution is 2.16. The molecule has 3 nitrogen and oxygen atoms in total. The normalized spacial score (nSPS) is 10.7. The largest absolute Gasteiger partial charge is 0.351 e. The fourth-order valence-corrected chi connectivity index (χ4v) is 2.25. The Morgan fingerprint density at radius 2 is 1.90 bits per heavy atom. The number of aromatic amines is 1. The lowest BCUT2D eigenvalue weighted by Crippen LogP contribution is -2.22. The molecule has 0 saturated heterocycles. The zero-order valence-corrected chi connectivity index (χ0v) is 11.3. The van der Waals surface area contributed by atoms with Crippen LogP contribution >= 0.6 is 0 Å². The number of carbonyl (C=O) groups is 1. The van der Waals surface area contributed by atoms with Crippen molar-refractivity contribution in [3.05, 3.63) is 71.4 Å². The van der Waals surface area contributed by atoms with Crippen molar-refractivity contribution < 1.29 is 4.79 Å². The molecule has 100 valence electrons. The minimum Gasteiger partial charge on any atom is -0.351 e. The number of fused-ring (bicyclic) bond motifs is 1. The van der Waals surface area contributed by atoms with Crippen molar-refractivity contribution in [3.8, 4) is 0 Å². The highest BCUT2D eigenvalue weighted by molar-refractivity contribution is 5.98. The van der Waals surface area contributed by atoms with Crippen LogP contribution < -0.4 is 5.32 Å². The van der Waals surface area contributed by atoms with Crippen LogP contribution in [0.5, 0.6) is 0 Å². The van der Waals surface area contributed by atoms with Crippen molar-refractivity contribution in [2.24, 2.45) is 0 Å². The fourth-order valence-electron chi connectivity index (χ4n) is 2.25. The molecule has 0 aliphatic carbocycles. The van der Waals surface area contributed by atoms with Gasteiger partial charge < -0.3 is 10.3 Å². The second-order valence-electron chi connectivity index (χ2n) is 4.94. The summed E-state index contributed by atoms with van der Waals surface area (Å²) in [6.07, 6.45) is 0. The van der Waals surface area contributed by atoms with Gasteiger partial charge in [-0.2, -0.15) is 0 Å². The van der Waals surface area contributed by atoms with Gasteiger partial charge in [-0.05, 0) is 30.7 Å². The van der Waals surface area contributed by atoms with E-state index in [0.29, 0.717) is 12.2 Å². The van der Waals surface area contributed by atoms with Crippen LogP contribution in [0, 0.1) is 6.92 Å². The van der Waals surface area contributed by atoms with E-state index in [9.17, 15) is 4.79 Å². The van der Waals surface area contributed by atoms with Crippen LogP contribution in [0.3, 0.4) is 0 Å². The van der Waals surface area contributed by atoms with E-state index in [2.05, 4.69) is 16.4 Å². The molecule has 0 saturated carbocycles. The monoisotopic (exact) mass is 264 g/mol. The van der Waals surface area contributed by atoms with E-state index in [1.807, 2.05) is 55.5 Å². The molecule has 2 aromatic carbocycles. The van der Waals surface area contributed by atoms with Crippen molar-refractivity contribution in [1.82, 2.24) is 10.3 Å². The third-order valence-corrected chi connectivity index (χ3v) is 3.32. The first-order valence-corrected chi connectivity index (χ1v) is 6.64. The zero-order chi connectivity index (χ0) is 13.9. The first-order chi connectivity index (χ1) is 9.72. The van der Waals surface area contributed by atoms with Crippen LogP contribution in [0.25, 0.3) is 10.9 Å². The number of hydrogen-bond donors (Lipinski definition) is 2. The van der Waals surface area contributed by atoms with Gasteiger partial charge in [-0.3, -0.25) is 4.79 Å². The van der Waals surface area contributed by atoms with E-state index in [0.717, 1.165) is 16.5 Å². The Morgan fingerprint density at radius 1 is 1.10 bits per heavy atom. The third-order valence-electron chi connectivity index (χ3n) is 3.32. The topological polar surface area (TPSA) is 44.9 Å². The smallest absolute Gasteiger partial charge is 0.267 e. The summed E-state index contributed by atoms with van der Waals surface area (Å²) in [7, 11) is 0. The Bertz CT molecular complexity index is 744. The van der Waals surface area contributed by atoms with Crippen LogP contribution in [0.2, 0.25) is 0 Å². The molecule has 0 aliphatic heterocycles. The Labute approximate surface area is 117 Å². The number of benzene rings is 2. The lowest BCUT2D eigenvalue weighted by atomic mass is 10.2. The third kappa shape index (κ3) is 2.57. The Morgan fingerprint density at radius 3 is 2.70 bits per heavy atom. The summed E-state index contributed by atoms with van der Waals surface area (Å²) in [5.74, 6) is -0.0808. The Kier molecular flexibility index (Phi) is 3.25. The maximum absolute atomic E-state index is 12.1.